The third-order valence-corrected chi connectivity index (χ3v) is 6.34. The summed E-state index contributed by atoms with van der Waals surface area (Å²) in [5, 5.41) is 5.23. The predicted octanol–water partition coefficient (Wildman–Crippen LogP) is 3.58. The van der Waals surface area contributed by atoms with Crippen molar-refractivity contribution in [3.63, 3.8) is 0 Å². The SMILES string of the molecule is C[C@H](NC(=O)Cc1cc(F)cc(F)c1)C(=O)N[C@@H]1CC=C[C@@H](c2ccc(F)cc2)N(CC2CC2)C1=O. The minimum Gasteiger partial charge on any atom is -0.344 e. The van der Waals surface area contributed by atoms with Crippen molar-refractivity contribution in [3.05, 3.63) is 83.2 Å². The standard InChI is InChI=1S/C27H28F3N3O3/c1-16(31-25(34)13-18-11-21(29)14-22(30)12-18)26(35)32-23-3-2-4-24(19-7-9-20(28)10-8-19)33(27(23)36)15-17-5-6-17/h2,4,7-12,14,16-17,23-24H,3,5-6,13,15H2,1H3,(H,31,34)(H,32,35)/t16-,23+,24-/m0/s1. The van der Waals surface area contributed by atoms with Crippen molar-refractivity contribution in [2.24, 2.45) is 5.92 Å². The van der Waals surface area contributed by atoms with Gasteiger partial charge in [-0.3, -0.25) is 14.4 Å². The fourth-order valence-electron chi connectivity index (χ4n) is 4.29. The minimum atomic E-state index is -0.972. The number of amides is 3. The van der Waals surface area contributed by atoms with Gasteiger partial charge in [0.15, 0.2) is 0 Å². The Balaban J connectivity index is 1.40. The Morgan fingerprint density at radius 3 is 2.33 bits per heavy atom. The molecule has 0 saturated heterocycles. The molecule has 2 aliphatic rings. The topological polar surface area (TPSA) is 78.5 Å². The van der Waals surface area contributed by atoms with Crippen molar-refractivity contribution >= 4 is 17.7 Å². The van der Waals surface area contributed by atoms with Crippen LogP contribution >= 0.6 is 0 Å². The van der Waals surface area contributed by atoms with Crippen LogP contribution < -0.4 is 10.6 Å². The van der Waals surface area contributed by atoms with E-state index in [1.54, 1.807) is 17.0 Å². The van der Waals surface area contributed by atoms with Crippen molar-refractivity contribution in [1.29, 1.82) is 0 Å². The molecule has 6 nitrogen and oxygen atoms in total. The third-order valence-electron chi connectivity index (χ3n) is 6.34. The van der Waals surface area contributed by atoms with Crippen molar-refractivity contribution in [2.45, 2.75) is 50.7 Å². The summed E-state index contributed by atoms with van der Waals surface area (Å²) < 4.78 is 40.2. The molecule has 190 valence electrons. The van der Waals surface area contributed by atoms with Crippen molar-refractivity contribution in [3.8, 4) is 0 Å². The summed E-state index contributed by atoms with van der Waals surface area (Å²) in [7, 11) is 0. The van der Waals surface area contributed by atoms with E-state index in [2.05, 4.69) is 10.6 Å². The first-order valence-electron chi connectivity index (χ1n) is 12.0. The number of nitrogens with one attached hydrogen (secondary N) is 2. The van der Waals surface area contributed by atoms with Crippen LogP contribution in [0.2, 0.25) is 0 Å². The van der Waals surface area contributed by atoms with Crippen molar-refractivity contribution in [1.82, 2.24) is 15.5 Å². The number of hydrogen-bond acceptors (Lipinski definition) is 3. The van der Waals surface area contributed by atoms with Crippen LogP contribution in [0.5, 0.6) is 0 Å². The van der Waals surface area contributed by atoms with Gasteiger partial charge in [-0.25, -0.2) is 13.2 Å². The smallest absolute Gasteiger partial charge is 0.246 e. The van der Waals surface area contributed by atoms with Gasteiger partial charge < -0.3 is 15.5 Å². The molecule has 1 aliphatic carbocycles. The summed E-state index contributed by atoms with van der Waals surface area (Å²) in [6.45, 7) is 2.01. The van der Waals surface area contributed by atoms with E-state index < -0.39 is 35.5 Å². The number of carbonyl (C=O) groups excluding carboxylic acids is 3. The van der Waals surface area contributed by atoms with Crippen LogP contribution in [0, 0.1) is 23.4 Å². The minimum absolute atomic E-state index is 0.143. The van der Waals surface area contributed by atoms with E-state index >= 15 is 0 Å². The Bertz CT molecular complexity index is 1140. The predicted molar refractivity (Wildman–Crippen MR) is 127 cm³/mol. The average Bonchev–Trinajstić information content (AvgIpc) is 3.64. The molecule has 3 amide bonds. The molecule has 0 radical (unpaired) electrons. The first kappa shape index (κ1) is 25.5. The second-order valence-corrected chi connectivity index (χ2v) is 9.40. The van der Waals surface area contributed by atoms with Gasteiger partial charge in [0.1, 0.15) is 29.5 Å². The van der Waals surface area contributed by atoms with Crippen molar-refractivity contribution < 1.29 is 27.6 Å². The monoisotopic (exact) mass is 499 g/mol. The molecular weight excluding hydrogens is 471 g/mol. The maximum Gasteiger partial charge on any atom is 0.246 e. The molecule has 2 aromatic rings. The molecule has 4 rings (SSSR count). The Morgan fingerprint density at radius 2 is 1.69 bits per heavy atom. The Morgan fingerprint density at radius 1 is 1.03 bits per heavy atom. The summed E-state index contributed by atoms with van der Waals surface area (Å²) in [4.78, 5) is 40.3. The van der Waals surface area contributed by atoms with Crippen LogP contribution in [-0.2, 0) is 20.8 Å². The molecule has 9 heteroatoms. The van der Waals surface area contributed by atoms with E-state index in [0.29, 0.717) is 18.5 Å². The molecule has 2 aromatic carbocycles. The molecule has 2 N–H and O–H groups in total. The number of hydrogen-bond donors (Lipinski definition) is 2. The quantitative estimate of drug-likeness (QED) is 0.545. The molecule has 0 aromatic heterocycles. The Labute approximate surface area is 207 Å². The Hall–Kier alpha value is -3.62. The zero-order chi connectivity index (χ0) is 25.8. The van der Waals surface area contributed by atoms with Gasteiger partial charge in [-0.05, 0) is 67.5 Å². The summed E-state index contributed by atoms with van der Waals surface area (Å²) in [6.07, 6.45) is 5.74. The lowest BCUT2D eigenvalue weighted by Crippen LogP contribution is -2.53. The van der Waals surface area contributed by atoms with Gasteiger partial charge in [0.2, 0.25) is 17.7 Å². The highest BCUT2D eigenvalue weighted by atomic mass is 19.1. The van der Waals surface area contributed by atoms with E-state index in [1.165, 1.54) is 19.1 Å². The maximum absolute atomic E-state index is 13.5. The molecule has 0 spiro atoms. The van der Waals surface area contributed by atoms with Crippen LogP contribution in [0.25, 0.3) is 0 Å². The van der Waals surface area contributed by atoms with Gasteiger partial charge >= 0.3 is 0 Å². The number of nitrogens with zero attached hydrogens (tertiary/aromatic N) is 1. The largest absolute Gasteiger partial charge is 0.344 e. The summed E-state index contributed by atoms with van der Waals surface area (Å²) in [5.74, 6) is -2.93. The van der Waals surface area contributed by atoms with Gasteiger partial charge in [-0.2, -0.15) is 0 Å². The van der Waals surface area contributed by atoms with Crippen LogP contribution in [0.15, 0.2) is 54.6 Å². The zero-order valence-electron chi connectivity index (χ0n) is 19.8. The molecule has 1 aliphatic heterocycles. The van der Waals surface area contributed by atoms with Gasteiger partial charge in [-0.15, -0.1) is 0 Å². The highest BCUT2D eigenvalue weighted by molar-refractivity contribution is 5.92. The second-order valence-electron chi connectivity index (χ2n) is 9.40. The molecular formula is C27H28F3N3O3. The molecule has 1 fully saturated rings. The number of carbonyl (C=O) groups is 3. The van der Waals surface area contributed by atoms with Crippen molar-refractivity contribution in [2.75, 3.05) is 6.54 Å². The van der Waals surface area contributed by atoms with Crippen LogP contribution in [0.4, 0.5) is 13.2 Å². The normalized spacial score (nSPS) is 20.6. The number of rotatable bonds is 8. The van der Waals surface area contributed by atoms with E-state index in [1.807, 2.05) is 12.2 Å². The number of benzene rings is 2. The highest BCUT2D eigenvalue weighted by Gasteiger charge is 2.36. The zero-order valence-corrected chi connectivity index (χ0v) is 19.8. The fraction of sp³-hybridized carbons (Fsp3) is 0.370. The third kappa shape index (κ3) is 6.53. The van der Waals surface area contributed by atoms with E-state index in [4.69, 9.17) is 0 Å². The molecule has 3 atom stereocenters. The first-order chi connectivity index (χ1) is 17.2. The molecule has 0 bridgehead atoms. The average molecular weight is 500 g/mol. The van der Waals surface area contributed by atoms with Gasteiger partial charge in [0.05, 0.1) is 12.5 Å². The van der Waals surface area contributed by atoms with Crippen LogP contribution in [-0.4, -0.2) is 41.2 Å². The molecule has 1 saturated carbocycles. The Kier molecular flexibility index (Phi) is 7.76. The molecule has 0 unspecified atom stereocenters. The van der Waals surface area contributed by atoms with E-state index in [9.17, 15) is 27.6 Å². The molecule has 36 heavy (non-hydrogen) atoms. The first-order valence-corrected chi connectivity index (χ1v) is 12.0. The van der Waals surface area contributed by atoms with Crippen LogP contribution in [0.3, 0.4) is 0 Å². The molecule has 1 heterocycles. The maximum atomic E-state index is 13.5. The number of halogens is 3. The van der Waals surface area contributed by atoms with Crippen LogP contribution in [0.1, 0.15) is 43.4 Å². The van der Waals surface area contributed by atoms with E-state index in [-0.39, 0.29) is 36.2 Å². The lowest BCUT2D eigenvalue weighted by atomic mass is 10.0. The highest BCUT2D eigenvalue weighted by Crippen LogP contribution is 2.35. The lowest BCUT2D eigenvalue weighted by molar-refractivity contribution is -0.138. The van der Waals surface area contributed by atoms with Gasteiger partial charge in [-0.1, -0.05) is 24.3 Å². The van der Waals surface area contributed by atoms with Gasteiger partial charge in [0, 0.05) is 12.6 Å². The summed E-state index contributed by atoms with van der Waals surface area (Å²) in [5.41, 5.74) is 0.923. The fourth-order valence-corrected chi connectivity index (χ4v) is 4.29. The van der Waals surface area contributed by atoms with E-state index in [0.717, 1.165) is 30.5 Å². The summed E-state index contributed by atoms with van der Waals surface area (Å²) >= 11 is 0. The lowest BCUT2D eigenvalue weighted by Gasteiger charge is -2.32. The second kappa shape index (κ2) is 11.0. The summed E-state index contributed by atoms with van der Waals surface area (Å²) in [6, 6.07) is 6.66. The van der Waals surface area contributed by atoms with Gasteiger partial charge in [0.25, 0.3) is 0 Å².